The molecule has 0 amide bonds. The Morgan fingerprint density at radius 3 is 2.79 bits per heavy atom. The highest BCUT2D eigenvalue weighted by molar-refractivity contribution is 5.42. The third-order valence-corrected chi connectivity index (χ3v) is 1.91. The Kier molecular flexibility index (Phi) is 5.30. The highest BCUT2D eigenvalue weighted by Crippen LogP contribution is 2.04. The molecule has 0 aliphatic heterocycles. The number of para-hydroxylation sites is 1. The van der Waals surface area contributed by atoms with Gasteiger partial charge in [0.05, 0.1) is 0 Å². The summed E-state index contributed by atoms with van der Waals surface area (Å²) in [6.45, 7) is 3.00. The van der Waals surface area contributed by atoms with Crippen LogP contribution in [-0.2, 0) is 0 Å². The van der Waals surface area contributed by atoms with Gasteiger partial charge in [0.2, 0.25) is 0 Å². The smallest absolute Gasteiger partial charge is 0.0340 e. The largest absolute Gasteiger partial charge is 0.385 e. The molecule has 74 valence electrons. The van der Waals surface area contributed by atoms with Gasteiger partial charge in [-0.2, -0.15) is 0 Å². The number of nitrogens with one attached hydrogen (secondary N) is 1. The maximum absolute atomic E-state index is 3.36. The number of hydrogen-bond donors (Lipinski definition) is 1. The van der Waals surface area contributed by atoms with E-state index >= 15 is 0 Å². The van der Waals surface area contributed by atoms with Crippen LogP contribution in [0.2, 0.25) is 0 Å². The topological polar surface area (TPSA) is 12.0 Å². The Morgan fingerprint density at radius 1 is 1.29 bits per heavy atom. The molecule has 0 saturated carbocycles. The monoisotopic (exact) mass is 187 g/mol. The van der Waals surface area contributed by atoms with Crippen molar-refractivity contribution < 1.29 is 0 Å². The van der Waals surface area contributed by atoms with Crippen LogP contribution in [0.1, 0.15) is 19.8 Å². The van der Waals surface area contributed by atoms with Crippen molar-refractivity contribution in [2.24, 2.45) is 0 Å². The molecule has 0 saturated heterocycles. The first-order valence-corrected chi connectivity index (χ1v) is 5.08. The lowest BCUT2D eigenvalue weighted by Gasteiger charge is -2.03. The first-order valence-electron chi connectivity index (χ1n) is 5.08. The molecule has 1 heteroatoms. The second-order valence-electron chi connectivity index (χ2n) is 3.09. The van der Waals surface area contributed by atoms with Crippen molar-refractivity contribution in [1.82, 2.24) is 0 Å². The van der Waals surface area contributed by atoms with Gasteiger partial charge in [0.15, 0.2) is 0 Å². The van der Waals surface area contributed by atoms with E-state index in [0.29, 0.717) is 0 Å². The molecule has 0 fully saturated rings. The van der Waals surface area contributed by atoms with Gasteiger partial charge in [0, 0.05) is 12.2 Å². The van der Waals surface area contributed by atoms with Crippen LogP contribution < -0.4 is 5.32 Å². The van der Waals surface area contributed by atoms with E-state index in [9.17, 15) is 0 Å². The summed E-state index contributed by atoms with van der Waals surface area (Å²) in [6, 6.07) is 10.3. The minimum absolute atomic E-state index is 1.02. The Morgan fingerprint density at radius 2 is 2.07 bits per heavy atom. The normalized spacial score (nSPS) is 8.93. The van der Waals surface area contributed by atoms with Crippen molar-refractivity contribution in [2.75, 3.05) is 11.9 Å². The summed E-state index contributed by atoms with van der Waals surface area (Å²) >= 11 is 0. The zero-order chi connectivity index (χ0) is 10.1. The Labute approximate surface area is 86.2 Å². The van der Waals surface area contributed by atoms with Crippen LogP contribution in [-0.4, -0.2) is 6.54 Å². The fraction of sp³-hybridized carbons (Fsp3) is 0.308. The molecular weight excluding hydrogens is 170 g/mol. The van der Waals surface area contributed by atoms with Crippen molar-refractivity contribution in [3.05, 3.63) is 48.2 Å². The first kappa shape index (κ1) is 10.6. The zero-order valence-corrected chi connectivity index (χ0v) is 8.66. The van der Waals surface area contributed by atoms with Gasteiger partial charge < -0.3 is 5.32 Å². The van der Waals surface area contributed by atoms with Gasteiger partial charge in [0.1, 0.15) is 0 Å². The van der Waals surface area contributed by atoms with Crippen molar-refractivity contribution in [3.63, 3.8) is 0 Å². The van der Waals surface area contributed by atoms with Gasteiger partial charge in [-0.1, -0.05) is 18.2 Å². The average Bonchev–Trinajstić information content (AvgIpc) is 2.25. The van der Waals surface area contributed by atoms with Crippen LogP contribution in [0.5, 0.6) is 0 Å². The zero-order valence-electron chi connectivity index (χ0n) is 8.66. The maximum atomic E-state index is 3.36. The van der Waals surface area contributed by atoms with E-state index < -0.39 is 0 Å². The van der Waals surface area contributed by atoms with Crippen molar-refractivity contribution in [2.45, 2.75) is 19.8 Å². The average molecular weight is 187 g/mol. The molecule has 0 unspecified atom stereocenters. The lowest BCUT2D eigenvalue weighted by atomic mass is 10.2. The molecule has 1 aromatic rings. The highest BCUT2D eigenvalue weighted by atomic mass is 14.9. The van der Waals surface area contributed by atoms with Gasteiger partial charge in [-0.25, -0.2) is 0 Å². The van der Waals surface area contributed by atoms with E-state index in [1.807, 2.05) is 31.2 Å². The predicted octanol–water partition coefficient (Wildman–Crippen LogP) is 3.61. The minimum Gasteiger partial charge on any atom is -0.385 e. The molecule has 0 aliphatic carbocycles. The summed E-state index contributed by atoms with van der Waals surface area (Å²) in [5.41, 5.74) is 4.27. The summed E-state index contributed by atoms with van der Waals surface area (Å²) in [4.78, 5) is 0. The van der Waals surface area contributed by atoms with Gasteiger partial charge in [-0.15, -0.1) is 5.73 Å². The predicted molar refractivity (Wildman–Crippen MR) is 62.5 cm³/mol. The van der Waals surface area contributed by atoms with Crippen LogP contribution in [0.15, 0.2) is 48.2 Å². The van der Waals surface area contributed by atoms with Gasteiger partial charge in [-0.05, 0) is 44.1 Å². The van der Waals surface area contributed by atoms with E-state index in [0.717, 1.165) is 19.4 Å². The SMILES string of the molecule is CC=C=CCCCNc1ccccc1. The number of allylic oxidation sites excluding steroid dienone is 1. The van der Waals surface area contributed by atoms with Crippen LogP contribution >= 0.6 is 0 Å². The fourth-order valence-corrected chi connectivity index (χ4v) is 1.19. The lowest BCUT2D eigenvalue weighted by Crippen LogP contribution is -1.99. The third-order valence-electron chi connectivity index (χ3n) is 1.91. The summed E-state index contributed by atoms with van der Waals surface area (Å²) in [5, 5.41) is 3.36. The van der Waals surface area contributed by atoms with Crippen LogP contribution in [0, 0.1) is 0 Å². The quantitative estimate of drug-likeness (QED) is 0.548. The van der Waals surface area contributed by atoms with Crippen molar-refractivity contribution in [1.29, 1.82) is 0 Å². The summed E-state index contributed by atoms with van der Waals surface area (Å²) in [5.74, 6) is 0. The lowest BCUT2D eigenvalue weighted by molar-refractivity contribution is 0.890. The molecule has 1 aromatic carbocycles. The number of benzene rings is 1. The summed E-state index contributed by atoms with van der Waals surface area (Å²) in [6.07, 6.45) is 6.25. The number of unbranched alkanes of at least 4 members (excludes halogenated alkanes) is 1. The number of rotatable bonds is 5. The highest BCUT2D eigenvalue weighted by Gasteiger charge is 1.87. The van der Waals surface area contributed by atoms with E-state index in [2.05, 4.69) is 29.3 Å². The Balaban J connectivity index is 2.13. The molecule has 0 bridgehead atoms. The molecule has 0 spiro atoms. The van der Waals surface area contributed by atoms with Crippen molar-refractivity contribution >= 4 is 5.69 Å². The Bertz CT molecular complexity index is 294. The molecule has 1 nitrogen and oxygen atoms in total. The Hall–Kier alpha value is -1.46. The van der Waals surface area contributed by atoms with Gasteiger partial charge in [-0.3, -0.25) is 0 Å². The van der Waals surface area contributed by atoms with E-state index in [-0.39, 0.29) is 0 Å². The molecule has 0 atom stereocenters. The van der Waals surface area contributed by atoms with Gasteiger partial charge in [0.25, 0.3) is 0 Å². The fourth-order valence-electron chi connectivity index (χ4n) is 1.19. The number of hydrogen-bond acceptors (Lipinski definition) is 1. The standard InChI is InChI=1S/C13H17N/c1-2-3-4-5-9-12-14-13-10-7-6-8-11-13/h2,4,6-8,10-11,14H,5,9,12H2,1H3. The van der Waals surface area contributed by atoms with E-state index in [1.54, 1.807) is 0 Å². The first-order chi connectivity index (χ1) is 6.93. The summed E-state index contributed by atoms with van der Waals surface area (Å²) < 4.78 is 0. The second kappa shape index (κ2) is 6.99. The van der Waals surface area contributed by atoms with Crippen molar-refractivity contribution in [3.8, 4) is 0 Å². The molecule has 0 aromatic heterocycles. The molecule has 0 aliphatic rings. The molecule has 0 heterocycles. The summed E-state index contributed by atoms with van der Waals surface area (Å²) in [7, 11) is 0. The van der Waals surface area contributed by atoms with E-state index in [1.165, 1.54) is 5.69 Å². The van der Waals surface area contributed by atoms with Crippen LogP contribution in [0.4, 0.5) is 5.69 Å². The maximum Gasteiger partial charge on any atom is 0.0340 e. The minimum atomic E-state index is 1.02. The van der Waals surface area contributed by atoms with Crippen LogP contribution in [0.3, 0.4) is 0 Å². The second-order valence-corrected chi connectivity index (χ2v) is 3.09. The molecular formula is C13H17N. The molecule has 14 heavy (non-hydrogen) atoms. The number of anilines is 1. The van der Waals surface area contributed by atoms with Crippen LogP contribution in [0.25, 0.3) is 0 Å². The van der Waals surface area contributed by atoms with Gasteiger partial charge >= 0.3 is 0 Å². The third kappa shape index (κ3) is 4.54. The van der Waals surface area contributed by atoms with E-state index in [4.69, 9.17) is 0 Å². The molecule has 1 N–H and O–H groups in total. The molecule has 0 radical (unpaired) electrons. The molecule has 1 rings (SSSR count).